The summed E-state index contributed by atoms with van der Waals surface area (Å²) in [6.45, 7) is 1.76. The maximum Gasteiger partial charge on any atom is 0.258 e. The van der Waals surface area contributed by atoms with Crippen molar-refractivity contribution in [1.82, 2.24) is 29.6 Å². The third kappa shape index (κ3) is 4.65. The maximum absolute atomic E-state index is 12.5. The van der Waals surface area contributed by atoms with Crippen LogP contribution in [0.2, 0.25) is 0 Å². The summed E-state index contributed by atoms with van der Waals surface area (Å²) in [6, 6.07) is 9.19. The van der Waals surface area contributed by atoms with Crippen molar-refractivity contribution in [2.24, 2.45) is 0 Å². The molecule has 0 saturated carbocycles. The van der Waals surface area contributed by atoms with Crippen LogP contribution in [0, 0.1) is 0 Å². The highest BCUT2D eigenvalue weighted by Gasteiger charge is 2.45. The van der Waals surface area contributed by atoms with E-state index in [1.807, 2.05) is 35.8 Å². The second kappa shape index (κ2) is 9.53. The van der Waals surface area contributed by atoms with Crippen LogP contribution in [0.1, 0.15) is 12.0 Å². The number of nitrogens with one attached hydrogen (secondary N) is 1. The molecule has 3 aromatic heterocycles. The van der Waals surface area contributed by atoms with E-state index in [-0.39, 0.29) is 5.91 Å². The van der Waals surface area contributed by atoms with Gasteiger partial charge in [-0.2, -0.15) is 5.10 Å². The van der Waals surface area contributed by atoms with Gasteiger partial charge in [-0.3, -0.25) is 9.48 Å². The van der Waals surface area contributed by atoms with E-state index in [1.165, 1.54) is 11.3 Å². The zero-order valence-corrected chi connectivity index (χ0v) is 20.2. The fraction of sp³-hybridized carbons (Fsp3) is 0.292. The van der Waals surface area contributed by atoms with Gasteiger partial charge in [0.25, 0.3) is 5.91 Å². The summed E-state index contributed by atoms with van der Waals surface area (Å²) < 4.78 is 6.86. The largest absolute Gasteiger partial charge is 0.383 e. The Balaban J connectivity index is 1.35. The highest BCUT2D eigenvalue weighted by atomic mass is 32.1. The van der Waals surface area contributed by atoms with Crippen LogP contribution in [0.15, 0.2) is 54.3 Å². The molecule has 10 nitrogen and oxygen atoms in total. The number of ether oxygens (including phenoxy) is 1. The standard InChI is InChI=1S/C24H25N7O3S/c1-30-9-7-24(33,22(30)32)17-5-3-4-16(12-17)20-15-35-21(28-20)19-6-8-25-23(29-19)27-18-13-26-31(14-18)10-11-34-2/h3-6,8,12-15,33H,7,9-11H2,1-2H3,(H,25,27,29). The number of likely N-dealkylation sites (tertiary alicyclic amines) is 1. The number of likely N-dealkylation sites (N-methyl/N-ethyl adjacent to an activating group) is 1. The molecule has 1 aliphatic rings. The summed E-state index contributed by atoms with van der Waals surface area (Å²) in [5, 5.41) is 21.1. The third-order valence-electron chi connectivity index (χ3n) is 5.94. The van der Waals surface area contributed by atoms with Gasteiger partial charge in [-0.25, -0.2) is 15.0 Å². The van der Waals surface area contributed by atoms with Gasteiger partial charge in [0, 0.05) is 50.5 Å². The second-order valence-electron chi connectivity index (χ2n) is 8.33. The Morgan fingerprint density at radius 3 is 2.94 bits per heavy atom. The quantitative estimate of drug-likeness (QED) is 0.386. The van der Waals surface area contributed by atoms with E-state index in [0.717, 1.165) is 22.0 Å². The molecule has 1 fully saturated rings. The number of benzene rings is 1. The predicted molar refractivity (Wildman–Crippen MR) is 132 cm³/mol. The lowest BCUT2D eigenvalue weighted by molar-refractivity contribution is -0.143. The van der Waals surface area contributed by atoms with E-state index >= 15 is 0 Å². The van der Waals surface area contributed by atoms with E-state index in [9.17, 15) is 9.90 Å². The topological polar surface area (TPSA) is 118 Å². The molecule has 5 rings (SSSR count). The molecular weight excluding hydrogens is 466 g/mol. The Labute approximate surface area is 206 Å². The lowest BCUT2D eigenvalue weighted by atomic mass is 9.90. The van der Waals surface area contributed by atoms with Gasteiger partial charge in [-0.1, -0.05) is 18.2 Å². The van der Waals surface area contributed by atoms with Crippen molar-refractivity contribution in [3.05, 3.63) is 59.9 Å². The average Bonchev–Trinajstić information content (AvgIpc) is 3.61. The molecule has 4 heterocycles. The predicted octanol–water partition coefficient (Wildman–Crippen LogP) is 2.90. The molecule has 0 radical (unpaired) electrons. The van der Waals surface area contributed by atoms with Gasteiger partial charge in [0.15, 0.2) is 5.60 Å². The van der Waals surface area contributed by atoms with Crippen LogP contribution in [0.3, 0.4) is 0 Å². The van der Waals surface area contributed by atoms with Crippen molar-refractivity contribution in [2.45, 2.75) is 18.6 Å². The molecule has 0 aliphatic carbocycles. The summed E-state index contributed by atoms with van der Waals surface area (Å²) in [7, 11) is 3.36. The zero-order chi connectivity index (χ0) is 24.4. The van der Waals surface area contributed by atoms with Crippen LogP contribution in [0.4, 0.5) is 11.6 Å². The molecule has 0 spiro atoms. The first kappa shape index (κ1) is 23.1. The van der Waals surface area contributed by atoms with Gasteiger partial charge in [-0.05, 0) is 17.7 Å². The summed E-state index contributed by atoms with van der Waals surface area (Å²) in [6.07, 6.45) is 5.63. The number of hydrogen-bond acceptors (Lipinski definition) is 9. The van der Waals surface area contributed by atoms with Gasteiger partial charge in [0.05, 0.1) is 30.7 Å². The second-order valence-corrected chi connectivity index (χ2v) is 9.19. The number of thiazole rings is 1. The Hall–Kier alpha value is -3.67. The number of carbonyl (C=O) groups excluding carboxylic acids is 1. The van der Waals surface area contributed by atoms with Crippen molar-refractivity contribution in [3.8, 4) is 22.0 Å². The number of aliphatic hydroxyl groups is 1. The summed E-state index contributed by atoms with van der Waals surface area (Å²) in [5.41, 5.74) is 2.14. The van der Waals surface area contributed by atoms with E-state index < -0.39 is 5.60 Å². The molecule has 1 atom stereocenters. The highest BCUT2D eigenvalue weighted by Crippen LogP contribution is 2.35. The highest BCUT2D eigenvalue weighted by molar-refractivity contribution is 7.13. The lowest BCUT2D eigenvalue weighted by Crippen LogP contribution is -2.36. The molecule has 4 aromatic rings. The maximum atomic E-state index is 12.5. The van der Waals surface area contributed by atoms with Crippen molar-refractivity contribution in [1.29, 1.82) is 0 Å². The number of anilines is 2. The number of carbonyl (C=O) groups is 1. The Morgan fingerprint density at radius 2 is 2.14 bits per heavy atom. The van der Waals surface area contributed by atoms with Crippen LogP contribution < -0.4 is 5.32 Å². The van der Waals surface area contributed by atoms with Crippen molar-refractivity contribution in [2.75, 3.05) is 32.6 Å². The number of rotatable bonds is 8. The van der Waals surface area contributed by atoms with Crippen LogP contribution >= 0.6 is 11.3 Å². The SMILES string of the molecule is COCCn1cc(Nc2nccc(-c3nc(-c4cccc(C5(O)CCN(C)C5=O)c4)cs3)n2)cn1. The number of methoxy groups -OCH3 is 1. The number of aromatic nitrogens is 5. The van der Waals surface area contributed by atoms with Crippen molar-refractivity contribution < 1.29 is 14.6 Å². The van der Waals surface area contributed by atoms with Gasteiger partial charge < -0.3 is 20.1 Å². The van der Waals surface area contributed by atoms with E-state index in [4.69, 9.17) is 9.72 Å². The molecule has 35 heavy (non-hydrogen) atoms. The average molecular weight is 492 g/mol. The molecule has 1 aliphatic heterocycles. The Bertz CT molecular complexity index is 1350. The zero-order valence-electron chi connectivity index (χ0n) is 19.4. The van der Waals surface area contributed by atoms with E-state index in [2.05, 4.69) is 20.4 Å². The van der Waals surface area contributed by atoms with Crippen LogP contribution in [-0.2, 0) is 21.7 Å². The molecule has 0 bridgehead atoms. The molecule has 1 aromatic carbocycles. The van der Waals surface area contributed by atoms with Crippen LogP contribution in [-0.4, -0.2) is 68.0 Å². The molecular formula is C24H25N7O3S. The minimum absolute atomic E-state index is 0.279. The fourth-order valence-electron chi connectivity index (χ4n) is 3.98. The van der Waals surface area contributed by atoms with Crippen molar-refractivity contribution in [3.63, 3.8) is 0 Å². The number of hydrogen-bond donors (Lipinski definition) is 2. The van der Waals surface area contributed by atoms with Gasteiger partial charge in [-0.15, -0.1) is 11.3 Å². The third-order valence-corrected chi connectivity index (χ3v) is 6.80. The first-order chi connectivity index (χ1) is 17.0. The van der Waals surface area contributed by atoms with Gasteiger partial charge >= 0.3 is 0 Å². The summed E-state index contributed by atoms with van der Waals surface area (Å²) in [4.78, 5) is 27.7. The minimum atomic E-state index is -1.49. The monoisotopic (exact) mass is 491 g/mol. The molecule has 180 valence electrons. The molecule has 2 N–H and O–H groups in total. The normalized spacial score (nSPS) is 17.8. The van der Waals surface area contributed by atoms with E-state index in [0.29, 0.717) is 43.3 Å². The van der Waals surface area contributed by atoms with Crippen molar-refractivity contribution >= 4 is 28.9 Å². The Kier molecular flexibility index (Phi) is 6.29. The summed E-state index contributed by atoms with van der Waals surface area (Å²) >= 11 is 1.47. The smallest absolute Gasteiger partial charge is 0.258 e. The Morgan fingerprint density at radius 1 is 1.26 bits per heavy atom. The molecule has 1 saturated heterocycles. The van der Waals surface area contributed by atoms with Gasteiger partial charge in [0.1, 0.15) is 10.7 Å². The molecule has 1 unspecified atom stereocenters. The first-order valence-electron chi connectivity index (χ1n) is 11.1. The molecule has 11 heteroatoms. The lowest BCUT2D eigenvalue weighted by Gasteiger charge is -2.21. The minimum Gasteiger partial charge on any atom is -0.383 e. The van der Waals surface area contributed by atoms with E-state index in [1.54, 1.807) is 42.2 Å². The first-order valence-corrected chi connectivity index (χ1v) is 12.0. The number of amides is 1. The molecule has 1 amide bonds. The number of nitrogens with zero attached hydrogens (tertiary/aromatic N) is 6. The van der Waals surface area contributed by atoms with Crippen LogP contribution in [0.25, 0.3) is 22.0 Å². The van der Waals surface area contributed by atoms with Gasteiger partial charge in [0.2, 0.25) is 5.95 Å². The summed E-state index contributed by atoms with van der Waals surface area (Å²) in [5.74, 6) is 0.164. The van der Waals surface area contributed by atoms with Crippen LogP contribution in [0.5, 0.6) is 0 Å². The fourth-order valence-corrected chi connectivity index (χ4v) is 4.78.